The van der Waals surface area contributed by atoms with Gasteiger partial charge in [-0.15, -0.1) is 11.8 Å². The molecule has 0 aromatic heterocycles. The molecular formula is C5H9NO2S. The molecule has 0 aromatic carbocycles. The van der Waals surface area contributed by atoms with E-state index in [0.29, 0.717) is 12.5 Å². The van der Waals surface area contributed by atoms with Crippen LogP contribution < -0.4 is 5.32 Å². The molecule has 1 amide bonds. The van der Waals surface area contributed by atoms with E-state index in [0.717, 1.165) is 0 Å². The van der Waals surface area contributed by atoms with Crippen molar-refractivity contribution < 1.29 is 9.53 Å². The van der Waals surface area contributed by atoms with Crippen molar-refractivity contribution in [2.24, 2.45) is 0 Å². The third-order valence-electron chi connectivity index (χ3n) is 0.986. The Kier molecular flexibility index (Phi) is 2.36. The molecule has 1 N–H and O–H groups in total. The van der Waals surface area contributed by atoms with Crippen molar-refractivity contribution in [2.75, 3.05) is 12.5 Å². The van der Waals surface area contributed by atoms with Crippen LogP contribution in [0.1, 0.15) is 6.92 Å². The van der Waals surface area contributed by atoms with Gasteiger partial charge in [0, 0.05) is 6.92 Å². The van der Waals surface area contributed by atoms with E-state index < -0.39 is 0 Å². The molecule has 52 valence electrons. The molecule has 0 spiro atoms. The van der Waals surface area contributed by atoms with Gasteiger partial charge in [0.1, 0.15) is 5.37 Å². The van der Waals surface area contributed by atoms with Crippen LogP contribution in [0.2, 0.25) is 0 Å². The third-order valence-corrected chi connectivity index (χ3v) is 1.95. The molecule has 1 rings (SSSR count). The van der Waals surface area contributed by atoms with Gasteiger partial charge in [-0.2, -0.15) is 0 Å². The zero-order valence-corrected chi connectivity index (χ0v) is 6.03. The third kappa shape index (κ3) is 2.24. The molecule has 4 heteroatoms. The fourth-order valence-corrected chi connectivity index (χ4v) is 1.44. The molecule has 1 aliphatic heterocycles. The summed E-state index contributed by atoms with van der Waals surface area (Å²) in [4.78, 5) is 10.4. The molecule has 0 aromatic rings. The molecule has 1 unspecified atom stereocenters. The molecule has 1 fully saturated rings. The second kappa shape index (κ2) is 3.08. The molecule has 1 aliphatic rings. The lowest BCUT2D eigenvalue weighted by Gasteiger charge is -2.05. The van der Waals surface area contributed by atoms with Crippen molar-refractivity contribution in [3.63, 3.8) is 0 Å². The second-order valence-electron chi connectivity index (χ2n) is 1.84. The van der Waals surface area contributed by atoms with Crippen LogP contribution in [-0.4, -0.2) is 23.8 Å². The minimum Gasteiger partial charge on any atom is -0.368 e. The predicted molar refractivity (Wildman–Crippen MR) is 36.0 cm³/mol. The summed E-state index contributed by atoms with van der Waals surface area (Å²) in [6.45, 7) is 2.16. The molecule has 9 heavy (non-hydrogen) atoms. The number of thioether (sulfide) groups is 1. The summed E-state index contributed by atoms with van der Waals surface area (Å²) in [5.74, 6) is 0.711. The maximum atomic E-state index is 10.4. The van der Waals surface area contributed by atoms with Crippen LogP contribution in [0.4, 0.5) is 0 Å². The first kappa shape index (κ1) is 6.89. The normalized spacial score (nSPS) is 26.1. The first-order chi connectivity index (χ1) is 4.29. The van der Waals surface area contributed by atoms with Crippen LogP contribution in [-0.2, 0) is 9.53 Å². The number of ether oxygens (including phenoxy) is 1. The summed E-state index contributed by atoms with van der Waals surface area (Å²) in [6, 6.07) is 0. The fraction of sp³-hybridized carbons (Fsp3) is 0.800. The first-order valence-corrected chi connectivity index (χ1v) is 3.80. The highest BCUT2D eigenvalue weighted by Gasteiger charge is 2.15. The Labute approximate surface area is 58.1 Å². The summed E-state index contributed by atoms with van der Waals surface area (Å²) in [7, 11) is 0. The maximum Gasteiger partial charge on any atom is 0.217 e. The van der Waals surface area contributed by atoms with Gasteiger partial charge in [0.15, 0.2) is 0 Å². The van der Waals surface area contributed by atoms with Crippen molar-refractivity contribution >= 4 is 17.7 Å². The highest BCUT2D eigenvalue weighted by molar-refractivity contribution is 7.99. The Hall–Kier alpha value is -0.220. The minimum atomic E-state index is 0.0120. The van der Waals surface area contributed by atoms with E-state index in [1.54, 1.807) is 11.8 Å². The van der Waals surface area contributed by atoms with Gasteiger partial charge in [-0.1, -0.05) is 0 Å². The monoisotopic (exact) mass is 147 g/mol. The minimum absolute atomic E-state index is 0.0120. The van der Waals surface area contributed by atoms with Gasteiger partial charge in [0.25, 0.3) is 0 Å². The number of nitrogens with one attached hydrogen (secondary N) is 1. The van der Waals surface area contributed by atoms with Gasteiger partial charge in [0.05, 0.1) is 12.5 Å². The van der Waals surface area contributed by atoms with E-state index in [1.165, 1.54) is 6.92 Å². The predicted octanol–water partition coefficient (Wildman–Crippen LogP) is 0.169. The average molecular weight is 147 g/mol. The van der Waals surface area contributed by atoms with Gasteiger partial charge >= 0.3 is 0 Å². The van der Waals surface area contributed by atoms with Crippen LogP contribution in [0.3, 0.4) is 0 Å². The summed E-state index contributed by atoms with van der Waals surface area (Å²) in [5.41, 5.74) is 0. The van der Waals surface area contributed by atoms with Crippen LogP contribution in [0.5, 0.6) is 0 Å². The number of hydrogen-bond acceptors (Lipinski definition) is 3. The fourth-order valence-electron chi connectivity index (χ4n) is 0.644. The van der Waals surface area contributed by atoms with Gasteiger partial charge in [-0.05, 0) is 0 Å². The summed E-state index contributed by atoms with van der Waals surface area (Å²) < 4.78 is 5.01. The summed E-state index contributed by atoms with van der Waals surface area (Å²) in [6.07, 6.45) is 0. The SMILES string of the molecule is CC(=O)NC1COCS1. The molecule has 0 radical (unpaired) electrons. The topological polar surface area (TPSA) is 38.3 Å². The number of rotatable bonds is 1. The average Bonchev–Trinajstić information content (AvgIpc) is 2.15. The lowest BCUT2D eigenvalue weighted by Crippen LogP contribution is -2.30. The number of amides is 1. The highest BCUT2D eigenvalue weighted by Crippen LogP contribution is 2.15. The Morgan fingerprint density at radius 2 is 2.67 bits per heavy atom. The molecule has 1 saturated heterocycles. The molecule has 3 nitrogen and oxygen atoms in total. The maximum absolute atomic E-state index is 10.4. The van der Waals surface area contributed by atoms with Crippen molar-refractivity contribution in [1.29, 1.82) is 0 Å². The van der Waals surface area contributed by atoms with Gasteiger partial charge in [-0.3, -0.25) is 4.79 Å². The molecule has 0 bridgehead atoms. The molecule has 0 saturated carbocycles. The van der Waals surface area contributed by atoms with E-state index in [9.17, 15) is 4.79 Å². The Morgan fingerprint density at radius 3 is 3.11 bits per heavy atom. The number of hydrogen-bond donors (Lipinski definition) is 1. The zero-order chi connectivity index (χ0) is 6.69. The standard InChI is InChI=1S/C5H9NO2S/c1-4(7)6-5-2-8-3-9-5/h5H,2-3H2,1H3,(H,6,7). The van der Waals surface area contributed by atoms with Crippen LogP contribution >= 0.6 is 11.8 Å². The molecular weight excluding hydrogens is 138 g/mol. The van der Waals surface area contributed by atoms with Crippen molar-refractivity contribution in [3.05, 3.63) is 0 Å². The Balaban J connectivity index is 2.19. The smallest absolute Gasteiger partial charge is 0.217 e. The lowest BCUT2D eigenvalue weighted by atomic mass is 10.6. The van der Waals surface area contributed by atoms with Crippen molar-refractivity contribution in [1.82, 2.24) is 5.32 Å². The van der Waals surface area contributed by atoms with E-state index in [1.807, 2.05) is 0 Å². The second-order valence-corrected chi connectivity index (χ2v) is 2.98. The lowest BCUT2D eigenvalue weighted by molar-refractivity contribution is -0.119. The van der Waals surface area contributed by atoms with Crippen molar-refractivity contribution in [2.45, 2.75) is 12.3 Å². The van der Waals surface area contributed by atoms with E-state index >= 15 is 0 Å². The Morgan fingerprint density at radius 1 is 1.89 bits per heavy atom. The summed E-state index contributed by atoms with van der Waals surface area (Å²) >= 11 is 1.62. The van der Waals surface area contributed by atoms with E-state index in [-0.39, 0.29) is 11.3 Å². The van der Waals surface area contributed by atoms with Gasteiger partial charge < -0.3 is 10.1 Å². The molecule has 1 heterocycles. The van der Waals surface area contributed by atoms with Gasteiger partial charge in [-0.25, -0.2) is 0 Å². The van der Waals surface area contributed by atoms with E-state index in [4.69, 9.17) is 4.74 Å². The van der Waals surface area contributed by atoms with Crippen LogP contribution in [0.15, 0.2) is 0 Å². The molecule has 0 aliphatic carbocycles. The molecule has 1 atom stereocenters. The van der Waals surface area contributed by atoms with Crippen LogP contribution in [0, 0.1) is 0 Å². The summed E-state index contributed by atoms with van der Waals surface area (Å²) in [5, 5.41) is 2.92. The Bertz CT molecular complexity index is 112. The number of carbonyl (C=O) groups excluding carboxylic acids is 1. The highest BCUT2D eigenvalue weighted by atomic mass is 32.2. The first-order valence-electron chi connectivity index (χ1n) is 2.75. The van der Waals surface area contributed by atoms with Crippen LogP contribution in [0.25, 0.3) is 0 Å². The van der Waals surface area contributed by atoms with E-state index in [2.05, 4.69) is 5.32 Å². The zero-order valence-electron chi connectivity index (χ0n) is 5.22. The largest absolute Gasteiger partial charge is 0.368 e. The van der Waals surface area contributed by atoms with Gasteiger partial charge in [0.2, 0.25) is 5.91 Å². The van der Waals surface area contributed by atoms with Crippen molar-refractivity contribution in [3.8, 4) is 0 Å². The number of carbonyl (C=O) groups is 1. The quantitative estimate of drug-likeness (QED) is 0.574.